The Hall–Kier alpha value is -3.30. The third-order valence-corrected chi connectivity index (χ3v) is 7.10. The van der Waals surface area contributed by atoms with E-state index in [1.54, 1.807) is 30.5 Å². The number of methoxy groups -OCH3 is 2. The lowest BCUT2D eigenvalue weighted by Crippen LogP contribution is -2.23. The number of aromatic nitrogens is 4. The highest BCUT2D eigenvalue weighted by Crippen LogP contribution is 2.28. The maximum Gasteiger partial charge on any atom is 0.273 e. The third-order valence-electron chi connectivity index (χ3n) is 5.21. The van der Waals surface area contributed by atoms with Gasteiger partial charge in [0.05, 0.1) is 26.3 Å². The largest absolute Gasteiger partial charge is 0.497 e. The first-order valence-electron chi connectivity index (χ1n) is 9.92. The minimum absolute atomic E-state index is 0.0786. The molecule has 0 aliphatic heterocycles. The zero-order chi connectivity index (χ0) is 22.1. The molecule has 32 heavy (non-hydrogen) atoms. The molecular formula is C23H20N4O3S2. The summed E-state index contributed by atoms with van der Waals surface area (Å²) in [5.41, 5.74) is 2.77. The fourth-order valence-corrected chi connectivity index (χ4v) is 5.36. The van der Waals surface area contributed by atoms with Crippen LogP contribution in [0.4, 0.5) is 0 Å². The van der Waals surface area contributed by atoms with Crippen molar-refractivity contribution < 1.29 is 9.47 Å². The molecule has 162 valence electrons. The van der Waals surface area contributed by atoms with E-state index >= 15 is 0 Å². The van der Waals surface area contributed by atoms with Crippen LogP contribution in [0.1, 0.15) is 11.1 Å². The Morgan fingerprint density at radius 3 is 2.75 bits per heavy atom. The van der Waals surface area contributed by atoms with Crippen LogP contribution in [0.25, 0.3) is 16.0 Å². The summed E-state index contributed by atoms with van der Waals surface area (Å²) in [4.78, 5) is 13.3. The molecule has 0 atom stereocenters. The third kappa shape index (κ3) is 3.63. The van der Waals surface area contributed by atoms with Gasteiger partial charge in [-0.05, 0) is 35.2 Å². The Balaban J connectivity index is 1.59. The standard InChI is InChI=1S/C23H20N4O3S2/c1-29-17-8-5-6-15(12-17)14-32-23-25-24-22-26(13-16-7-3-4-9-19(16)30-2)21(28)20-18(27(22)23)10-11-31-20/h3-12H,13-14H2,1-2H3. The summed E-state index contributed by atoms with van der Waals surface area (Å²) in [6.07, 6.45) is 0. The van der Waals surface area contributed by atoms with Gasteiger partial charge in [-0.1, -0.05) is 42.1 Å². The molecular weight excluding hydrogens is 444 g/mol. The molecule has 0 aliphatic carbocycles. The van der Waals surface area contributed by atoms with E-state index in [2.05, 4.69) is 16.3 Å². The van der Waals surface area contributed by atoms with Gasteiger partial charge in [0.15, 0.2) is 5.16 Å². The first-order chi connectivity index (χ1) is 15.7. The summed E-state index contributed by atoms with van der Waals surface area (Å²) in [5, 5.41) is 11.5. The molecule has 0 saturated carbocycles. The average Bonchev–Trinajstić information content (AvgIpc) is 3.48. The lowest BCUT2D eigenvalue weighted by Gasteiger charge is -2.12. The first-order valence-corrected chi connectivity index (χ1v) is 11.8. The van der Waals surface area contributed by atoms with Crippen LogP contribution in [0.2, 0.25) is 0 Å². The van der Waals surface area contributed by atoms with E-state index in [4.69, 9.17) is 9.47 Å². The van der Waals surface area contributed by atoms with Gasteiger partial charge in [0.25, 0.3) is 5.56 Å². The predicted molar refractivity (Wildman–Crippen MR) is 127 cm³/mol. The number of benzene rings is 2. The van der Waals surface area contributed by atoms with Crippen LogP contribution in [0, 0.1) is 0 Å². The first kappa shape index (κ1) is 20.6. The van der Waals surface area contributed by atoms with Crippen molar-refractivity contribution in [2.75, 3.05) is 14.2 Å². The number of nitrogens with zero attached hydrogens (tertiary/aromatic N) is 4. The SMILES string of the molecule is COc1cccc(CSc2nnc3n(Cc4ccccc4OC)c(=O)c4sccc4n23)c1. The smallest absolute Gasteiger partial charge is 0.273 e. The van der Waals surface area contributed by atoms with Crippen molar-refractivity contribution in [1.82, 2.24) is 19.2 Å². The summed E-state index contributed by atoms with van der Waals surface area (Å²) in [7, 11) is 3.29. The lowest BCUT2D eigenvalue weighted by atomic mass is 10.2. The molecule has 0 bridgehead atoms. The Labute approximate surface area is 192 Å². The average molecular weight is 465 g/mol. The van der Waals surface area contributed by atoms with Gasteiger partial charge in [0, 0.05) is 11.3 Å². The predicted octanol–water partition coefficient (Wildman–Crippen LogP) is 4.46. The van der Waals surface area contributed by atoms with Gasteiger partial charge in [-0.25, -0.2) is 0 Å². The Morgan fingerprint density at radius 2 is 1.91 bits per heavy atom. The molecule has 0 radical (unpaired) electrons. The molecule has 0 N–H and O–H groups in total. The molecule has 5 aromatic rings. The zero-order valence-corrected chi connectivity index (χ0v) is 19.2. The normalized spacial score (nSPS) is 11.3. The molecule has 2 aromatic carbocycles. The van der Waals surface area contributed by atoms with Crippen molar-refractivity contribution in [3.8, 4) is 11.5 Å². The number of ether oxygens (including phenoxy) is 2. The van der Waals surface area contributed by atoms with Crippen LogP contribution in [-0.2, 0) is 12.3 Å². The van der Waals surface area contributed by atoms with Gasteiger partial charge in [-0.3, -0.25) is 13.8 Å². The second-order valence-electron chi connectivity index (χ2n) is 7.10. The van der Waals surface area contributed by atoms with Gasteiger partial charge in [-0.15, -0.1) is 21.5 Å². The molecule has 3 aromatic heterocycles. The molecule has 7 nitrogen and oxygen atoms in total. The van der Waals surface area contributed by atoms with Crippen molar-refractivity contribution in [3.05, 3.63) is 81.5 Å². The molecule has 0 amide bonds. The van der Waals surface area contributed by atoms with Crippen molar-refractivity contribution in [3.63, 3.8) is 0 Å². The van der Waals surface area contributed by atoms with E-state index in [1.165, 1.54) is 11.3 Å². The van der Waals surface area contributed by atoms with Crippen molar-refractivity contribution >= 4 is 39.1 Å². The highest BCUT2D eigenvalue weighted by atomic mass is 32.2. The minimum Gasteiger partial charge on any atom is -0.497 e. The number of thioether (sulfide) groups is 1. The summed E-state index contributed by atoms with van der Waals surface area (Å²) in [6.45, 7) is 0.346. The summed E-state index contributed by atoms with van der Waals surface area (Å²) in [5.74, 6) is 2.77. The van der Waals surface area contributed by atoms with Crippen LogP contribution < -0.4 is 15.0 Å². The van der Waals surface area contributed by atoms with Gasteiger partial charge >= 0.3 is 0 Å². The Bertz CT molecular complexity index is 1470. The van der Waals surface area contributed by atoms with Gasteiger partial charge in [0.1, 0.15) is 16.2 Å². The number of hydrogen-bond acceptors (Lipinski definition) is 7. The molecule has 0 aliphatic rings. The highest BCUT2D eigenvalue weighted by molar-refractivity contribution is 7.98. The summed E-state index contributed by atoms with van der Waals surface area (Å²) < 4.78 is 15.1. The fourth-order valence-electron chi connectivity index (χ4n) is 3.65. The Kier molecular flexibility index (Phi) is 5.59. The van der Waals surface area contributed by atoms with Crippen molar-refractivity contribution in [2.24, 2.45) is 0 Å². The maximum atomic E-state index is 13.3. The van der Waals surface area contributed by atoms with Crippen LogP contribution in [0.5, 0.6) is 11.5 Å². The van der Waals surface area contributed by atoms with Crippen molar-refractivity contribution in [2.45, 2.75) is 17.5 Å². The molecule has 5 rings (SSSR count). The minimum atomic E-state index is -0.0786. The van der Waals surface area contributed by atoms with Crippen LogP contribution >= 0.6 is 23.1 Å². The van der Waals surface area contributed by atoms with Gasteiger partial charge < -0.3 is 9.47 Å². The zero-order valence-electron chi connectivity index (χ0n) is 17.5. The number of thiophene rings is 1. The molecule has 3 heterocycles. The maximum absolute atomic E-state index is 13.3. The van der Waals surface area contributed by atoms with Gasteiger partial charge in [0.2, 0.25) is 5.78 Å². The number of fused-ring (bicyclic) bond motifs is 3. The molecule has 0 saturated heterocycles. The quantitative estimate of drug-likeness (QED) is 0.331. The van der Waals surface area contributed by atoms with E-state index in [9.17, 15) is 4.79 Å². The van der Waals surface area contributed by atoms with E-state index in [0.29, 0.717) is 22.8 Å². The van der Waals surface area contributed by atoms with Crippen molar-refractivity contribution in [1.29, 1.82) is 0 Å². The summed E-state index contributed by atoms with van der Waals surface area (Å²) >= 11 is 3.00. The van der Waals surface area contributed by atoms with Crippen LogP contribution in [0.15, 0.2) is 69.9 Å². The van der Waals surface area contributed by atoms with E-state index in [-0.39, 0.29) is 5.56 Å². The van der Waals surface area contributed by atoms with E-state index in [1.807, 2.05) is 58.3 Å². The molecule has 0 fully saturated rings. The molecule has 9 heteroatoms. The molecule has 0 unspecified atom stereocenters. The second kappa shape index (κ2) is 8.68. The number of para-hydroxylation sites is 1. The number of hydrogen-bond donors (Lipinski definition) is 0. The lowest BCUT2D eigenvalue weighted by molar-refractivity contribution is 0.408. The Morgan fingerprint density at radius 1 is 1.03 bits per heavy atom. The number of rotatable bonds is 7. The van der Waals surface area contributed by atoms with Gasteiger partial charge in [-0.2, -0.15) is 0 Å². The van der Waals surface area contributed by atoms with Crippen LogP contribution in [-0.4, -0.2) is 33.4 Å². The second-order valence-corrected chi connectivity index (χ2v) is 8.95. The topological polar surface area (TPSA) is 70.7 Å². The fraction of sp³-hybridized carbons (Fsp3) is 0.174. The van der Waals surface area contributed by atoms with E-state index in [0.717, 1.165) is 33.3 Å². The summed E-state index contributed by atoms with van der Waals surface area (Å²) in [6, 6.07) is 17.6. The molecule has 0 spiro atoms. The van der Waals surface area contributed by atoms with E-state index < -0.39 is 0 Å². The highest BCUT2D eigenvalue weighted by Gasteiger charge is 2.19. The van der Waals surface area contributed by atoms with Crippen LogP contribution in [0.3, 0.4) is 0 Å². The monoisotopic (exact) mass is 464 g/mol.